The van der Waals surface area contributed by atoms with Gasteiger partial charge in [0.2, 0.25) is 0 Å². The van der Waals surface area contributed by atoms with Crippen LogP contribution in [-0.2, 0) is 6.42 Å². The van der Waals surface area contributed by atoms with Crippen LogP contribution in [0, 0.1) is 0 Å². The van der Waals surface area contributed by atoms with E-state index in [0.717, 1.165) is 23.1 Å². The maximum atomic E-state index is 5.20. The quantitative estimate of drug-likeness (QED) is 0.570. The van der Waals surface area contributed by atoms with Crippen LogP contribution >= 0.6 is 28.1 Å². The van der Waals surface area contributed by atoms with Gasteiger partial charge < -0.3 is 5.32 Å². The fourth-order valence-electron chi connectivity index (χ4n) is 1.70. The summed E-state index contributed by atoms with van der Waals surface area (Å²) in [5, 5.41) is 3.75. The number of rotatable bonds is 5. The first-order valence-electron chi connectivity index (χ1n) is 6.33. The summed E-state index contributed by atoms with van der Waals surface area (Å²) in [5.74, 6) is 0. The number of anilines is 1. The number of hydrogen-bond donors (Lipinski definition) is 3. The summed E-state index contributed by atoms with van der Waals surface area (Å²) in [7, 11) is 0. The van der Waals surface area contributed by atoms with Crippen molar-refractivity contribution in [1.29, 1.82) is 0 Å². The third-order valence-corrected chi connectivity index (χ3v) is 3.43. The Morgan fingerprint density at radius 3 is 2.60 bits per heavy atom. The summed E-state index contributed by atoms with van der Waals surface area (Å²) >= 11 is 8.63. The summed E-state index contributed by atoms with van der Waals surface area (Å²) in [6.07, 6.45) is 0.944. The predicted molar refractivity (Wildman–Crippen MR) is 91.6 cm³/mol. The molecule has 3 nitrogen and oxygen atoms in total. The smallest absolute Gasteiger partial charge is 0.185 e. The summed E-state index contributed by atoms with van der Waals surface area (Å²) in [6, 6.07) is 18.2. The first-order chi connectivity index (χ1) is 9.74. The van der Waals surface area contributed by atoms with E-state index >= 15 is 0 Å². The van der Waals surface area contributed by atoms with E-state index in [1.807, 2.05) is 42.5 Å². The molecular formula is C15H16BrN3S. The molecule has 0 heterocycles. The predicted octanol–water partition coefficient (Wildman–Crippen LogP) is 3.48. The Balaban J connectivity index is 1.68. The van der Waals surface area contributed by atoms with Crippen molar-refractivity contribution in [3.05, 3.63) is 64.6 Å². The molecule has 0 radical (unpaired) electrons. The van der Waals surface area contributed by atoms with Crippen LogP contribution in [0.2, 0.25) is 0 Å². The minimum absolute atomic E-state index is 0.584. The number of thiocarbonyl (C=S) groups is 1. The molecule has 0 aliphatic carbocycles. The molecule has 0 amide bonds. The standard InChI is InChI=1S/C15H16BrN3S/c16-13-7-4-8-14(11-13)18-19-15(20)17-10-9-12-5-2-1-3-6-12/h1-8,11,18H,9-10H2,(H2,17,19,20). The molecule has 0 aliphatic heterocycles. The minimum Gasteiger partial charge on any atom is -0.361 e. The van der Waals surface area contributed by atoms with Crippen LogP contribution < -0.4 is 16.2 Å². The molecule has 0 unspecified atom stereocenters. The zero-order valence-corrected chi connectivity index (χ0v) is 13.3. The van der Waals surface area contributed by atoms with Crippen LogP contribution in [0.25, 0.3) is 0 Å². The fraction of sp³-hybridized carbons (Fsp3) is 0.133. The van der Waals surface area contributed by atoms with E-state index in [2.05, 4.69) is 44.2 Å². The molecule has 0 saturated heterocycles. The van der Waals surface area contributed by atoms with Crippen LogP contribution in [0.5, 0.6) is 0 Å². The van der Waals surface area contributed by atoms with Crippen LogP contribution in [0.3, 0.4) is 0 Å². The van der Waals surface area contributed by atoms with Gasteiger partial charge in [-0.2, -0.15) is 0 Å². The lowest BCUT2D eigenvalue weighted by atomic mass is 10.1. The van der Waals surface area contributed by atoms with Gasteiger partial charge in [-0.15, -0.1) is 0 Å². The van der Waals surface area contributed by atoms with Gasteiger partial charge in [-0.25, -0.2) is 0 Å². The second kappa shape index (κ2) is 7.87. The van der Waals surface area contributed by atoms with E-state index in [4.69, 9.17) is 12.2 Å². The zero-order chi connectivity index (χ0) is 14.2. The minimum atomic E-state index is 0.584. The maximum Gasteiger partial charge on any atom is 0.185 e. The van der Waals surface area contributed by atoms with Gasteiger partial charge in [0.1, 0.15) is 0 Å². The molecule has 2 aromatic rings. The average Bonchev–Trinajstić information content (AvgIpc) is 2.46. The lowest BCUT2D eigenvalue weighted by molar-refractivity contribution is 0.848. The van der Waals surface area contributed by atoms with Crippen LogP contribution in [0.4, 0.5) is 5.69 Å². The number of halogens is 1. The van der Waals surface area contributed by atoms with Gasteiger partial charge in [0.25, 0.3) is 0 Å². The molecule has 20 heavy (non-hydrogen) atoms. The van der Waals surface area contributed by atoms with E-state index < -0.39 is 0 Å². The molecule has 0 spiro atoms. The number of benzene rings is 2. The Morgan fingerprint density at radius 2 is 1.85 bits per heavy atom. The normalized spacial score (nSPS) is 9.85. The van der Waals surface area contributed by atoms with Crippen molar-refractivity contribution in [3.8, 4) is 0 Å². The van der Waals surface area contributed by atoms with E-state index in [-0.39, 0.29) is 0 Å². The highest BCUT2D eigenvalue weighted by Gasteiger charge is 1.97. The maximum absolute atomic E-state index is 5.20. The lowest BCUT2D eigenvalue weighted by Crippen LogP contribution is -2.39. The van der Waals surface area contributed by atoms with E-state index in [9.17, 15) is 0 Å². The molecule has 0 fully saturated rings. The third-order valence-electron chi connectivity index (χ3n) is 2.69. The summed E-state index contributed by atoms with van der Waals surface area (Å²) in [5.41, 5.74) is 8.26. The molecule has 0 aromatic heterocycles. The van der Waals surface area contributed by atoms with Crippen molar-refractivity contribution >= 4 is 38.9 Å². The van der Waals surface area contributed by atoms with Gasteiger partial charge in [-0.05, 0) is 42.4 Å². The Bertz CT molecular complexity index is 560. The molecule has 2 rings (SSSR count). The molecular weight excluding hydrogens is 334 g/mol. The fourth-order valence-corrected chi connectivity index (χ4v) is 2.26. The Morgan fingerprint density at radius 1 is 1.05 bits per heavy atom. The SMILES string of the molecule is S=C(NCCc1ccccc1)NNc1cccc(Br)c1. The molecule has 0 aliphatic rings. The molecule has 0 bridgehead atoms. The first-order valence-corrected chi connectivity index (χ1v) is 7.53. The van der Waals surface area contributed by atoms with Crippen molar-refractivity contribution in [1.82, 2.24) is 10.7 Å². The molecule has 104 valence electrons. The highest BCUT2D eigenvalue weighted by molar-refractivity contribution is 9.10. The Hall–Kier alpha value is -1.59. The van der Waals surface area contributed by atoms with Gasteiger partial charge in [0.15, 0.2) is 5.11 Å². The number of hydrogen-bond acceptors (Lipinski definition) is 2. The van der Waals surface area contributed by atoms with Gasteiger partial charge in [0.05, 0.1) is 5.69 Å². The monoisotopic (exact) mass is 349 g/mol. The first kappa shape index (κ1) is 14.8. The highest BCUT2D eigenvalue weighted by atomic mass is 79.9. The van der Waals surface area contributed by atoms with Crippen LogP contribution in [0.1, 0.15) is 5.56 Å². The third kappa shape index (κ3) is 5.19. The largest absolute Gasteiger partial charge is 0.361 e. The second-order valence-corrected chi connectivity index (χ2v) is 5.58. The van der Waals surface area contributed by atoms with Gasteiger partial charge >= 0.3 is 0 Å². The van der Waals surface area contributed by atoms with Crippen LogP contribution in [0.15, 0.2) is 59.1 Å². The van der Waals surface area contributed by atoms with Crippen LogP contribution in [-0.4, -0.2) is 11.7 Å². The Kier molecular flexibility index (Phi) is 5.83. The van der Waals surface area contributed by atoms with Gasteiger partial charge in [0, 0.05) is 11.0 Å². The van der Waals surface area contributed by atoms with Crippen molar-refractivity contribution < 1.29 is 0 Å². The van der Waals surface area contributed by atoms with Gasteiger partial charge in [-0.1, -0.05) is 52.3 Å². The molecule has 2 aromatic carbocycles. The molecule has 0 saturated carbocycles. The lowest BCUT2D eigenvalue weighted by Gasteiger charge is -2.12. The van der Waals surface area contributed by atoms with Crippen molar-refractivity contribution in [2.24, 2.45) is 0 Å². The zero-order valence-electron chi connectivity index (χ0n) is 10.9. The Labute approximate surface area is 132 Å². The summed E-state index contributed by atoms with van der Waals surface area (Å²) in [4.78, 5) is 0. The summed E-state index contributed by atoms with van der Waals surface area (Å²) in [6.45, 7) is 0.802. The molecule has 0 atom stereocenters. The number of nitrogens with one attached hydrogen (secondary N) is 3. The topological polar surface area (TPSA) is 36.1 Å². The highest BCUT2D eigenvalue weighted by Crippen LogP contribution is 2.14. The average molecular weight is 350 g/mol. The van der Waals surface area contributed by atoms with Crippen molar-refractivity contribution in [3.63, 3.8) is 0 Å². The second-order valence-electron chi connectivity index (χ2n) is 4.25. The molecule has 5 heteroatoms. The van der Waals surface area contributed by atoms with Crippen molar-refractivity contribution in [2.45, 2.75) is 6.42 Å². The van der Waals surface area contributed by atoms with E-state index in [1.165, 1.54) is 5.56 Å². The van der Waals surface area contributed by atoms with E-state index in [0.29, 0.717) is 5.11 Å². The molecule has 3 N–H and O–H groups in total. The van der Waals surface area contributed by atoms with Gasteiger partial charge in [-0.3, -0.25) is 10.9 Å². The van der Waals surface area contributed by atoms with E-state index in [1.54, 1.807) is 0 Å². The summed E-state index contributed by atoms with van der Waals surface area (Å²) < 4.78 is 1.02. The number of hydrazine groups is 1. The van der Waals surface area contributed by atoms with Crippen molar-refractivity contribution in [2.75, 3.05) is 12.0 Å².